The maximum atomic E-state index is 12.0. The molecular weight excluding hydrogens is 340 g/mol. The minimum Gasteiger partial charge on any atom is -0.504 e. The van der Waals surface area contributed by atoms with E-state index in [2.05, 4.69) is 27.4 Å². The number of carbonyl (C=O) groups is 1. The van der Waals surface area contributed by atoms with Crippen LogP contribution in [0.5, 0.6) is 11.5 Å². The molecule has 3 rings (SSSR count). The van der Waals surface area contributed by atoms with Crippen molar-refractivity contribution in [1.29, 1.82) is 0 Å². The van der Waals surface area contributed by atoms with Gasteiger partial charge >= 0.3 is 5.97 Å². The molecule has 0 spiro atoms. The fourth-order valence-electron chi connectivity index (χ4n) is 5.72. The van der Waals surface area contributed by atoms with Crippen molar-refractivity contribution >= 4 is 5.97 Å². The van der Waals surface area contributed by atoms with Crippen LogP contribution in [-0.4, -0.2) is 23.3 Å². The third-order valence-electron chi connectivity index (χ3n) is 7.73. The zero-order valence-corrected chi connectivity index (χ0v) is 17.0. The van der Waals surface area contributed by atoms with Crippen molar-refractivity contribution in [3.05, 3.63) is 35.4 Å². The molecule has 0 saturated heterocycles. The number of benzene rings is 1. The van der Waals surface area contributed by atoms with Crippen molar-refractivity contribution < 1.29 is 19.7 Å². The monoisotopic (exact) mass is 372 g/mol. The topological polar surface area (TPSA) is 66.8 Å². The lowest BCUT2D eigenvalue weighted by molar-refractivity contribution is -0.0491. The average molecular weight is 373 g/mol. The van der Waals surface area contributed by atoms with E-state index in [1.54, 1.807) is 6.07 Å². The number of hydrogen-bond donors (Lipinski definition) is 2. The van der Waals surface area contributed by atoms with E-state index in [0.29, 0.717) is 23.8 Å². The van der Waals surface area contributed by atoms with Crippen molar-refractivity contribution in [1.82, 2.24) is 0 Å². The molecule has 2 fully saturated rings. The SMILES string of the molecule is C=C1CCC[C@H]2[C@](C)(Cc3cc(C(=O)OC)cc(O)c3O)[C@@H](C)CC[C@]12C. The predicted octanol–water partition coefficient (Wildman–Crippen LogP) is 5.23. The average Bonchev–Trinajstić information content (AvgIpc) is 2.63. The van der Waals surface area contributed by atoms with Crippen LogP contribution in [0.4, 0.5) is 0 Å². The van der Waals surface area contributed by atoms with Crippen molar-refractivity contribution in [2.24, 2.45) is 22.7 Å². The van der Waals surface area contributed by atoms with Crippen molar-refractivity contribution in [3.63, 3.8) is 0 Å². The molecular formula is C23H32O4. The summed E-state index contributed by atoms with van der Waals surface area (Å²) < 4.78 is 4.80. The van der Waals surface area contributed by atoms with Gasteiger partial charge in [-0.2, -0.15) is 0 Å². The molecule has 27 heavy (non-hydrogen) atoms. The van der Waals surface area contributed by atoms with Crippen LogP contribution >= 0.6 is 0 Å². The van der Waals surface area contributed by atoms with Gasteiger partial charge in [0.1, 0.15) is 0 Å². The van der Waals surface area contributed by atoms with E-state index < -0.39 is 5.97 Å². The summed E-state index contributed by atoms with van der Waals surface area (Å²) in [5.41, 5.74) is 2.31. The van der Waals surface area contributed by atoms with Gasteiger partial charge < -0.3 is 14.9 Å². The van der Waals surface area contributed by atoms with E-state index in [9.17, 15) is 15.0 Å². The van der Waals surface area contributed by atoms with Gasteiger partial charge in [-0.25, -0.2) is 4.79 Å². The van der Waals surface area contributed by atoms with Crippen molar-refractivity contribution in [2.75, 3.05) is 7.11 Å². The Morgan fingerprint density at radius 3 is 2.67 bits per heavy atom. The number of fused-ring (bicyclic) bond motifs is 1. The highest BCUT2D eigenvalue weighted by molar-refractivity contribution is 5.90. The van der Waals surface area contributed by atoms with Crippen LogP contribution in [0, 0.1) is 22.7 Å². The van der Waals surface area contributed by atoms with Crippen LogP contribution in [0.25, 0.3) is 0 Å². The third-order valence-corrected chi connectivity index (χ3v) is 7.73. The predicted molar refractivity (Wildman–Crippen MR) is 106 cm³/mol. The van der Waals surface area contributed by atoms with Gasteiger partial charge in [0.2, 0.25) is 0 Å². The fraction of sp³-hybridized carbons (Fsp3) is 0.609. The normalized spacial score (nSPS) is 33.4. The lowest BCUT2D eigenvalue weighted by atomic mass is 9.46. The standard InChI is InChI=1S/C23H32O4/c1-14-7-6-8-19-22(14,3)10-9-15(2)23(19,4)13-17-11-16(21(26)27-5)12-18(24)20(17)25/h11-12,15,19,24-25H,1,6-10,13H2,2-5H3/t15-,19+,22+,23+/m0/s1. The number of ether oxygens (including phenoxy) is 1. The maximum absolute atomic E-state index is 12.0. The minimum atomic E-state index is -0.510. The number of aromatic hydroxyl groups is 2. The largest absolute Gasteiger partial charge is 0.504 e. The van der Waals surface area contributed by atoms with Crippen LogP contribution in [0.3, 0.4) is 0 Å². The number of hydrogen-bond acceptors (Lipinski definition) is 4. The molecule has 1 aromatic carbocycles. The Hall–Kier alpha value is -1.97. The molecule has 0 radical (unpaired) electrons. The summed E-state index contributed by atoms with van der Waals surface area (Å²) in [7, 11) is 1.31. The Kier molecular flexibility index (Phi) is 5.04. The molecule has 0 aromatic heterocycles. The van der Waals surface area contributed by atoms with E-state index in [1.165, 1.54) is 18.7 Å². The first-order chi connectivity index (χ1) is 12.6. The van der Waals surface area contributed by atoms with Gasteiger partial charge in [0.05, 0.1) is 12.7 Å². The molecule has 0 aliphatic heterocycles. The highest BCUT2D eigenvalue weighted by atomic mass is 16.5. The maximum Gasteiger partial charge on any atom is 0.337 e. The van der Waals surface area contributed by atoms with Crippen molar-refractivity contribution in [3.8, 4) is 11.5 Å². The van der Waals surface area contributed by atoms with Gasteiger partial charge in [-0.05, 0) is 78.9 Å². The molecule has 148 valence electrons. The number of allylic oxidation sites excluding steroid dienone is 1. The molecule has 2 aliphatic carbocycles. The highest BCUT2D eigenvalue weighted by Gasteiger charge is 2.54. The number of rotatable bonds is 3. The Bertz CT molecular complexity index is 768. The van der Waals surface area contributed by atoms with Gasteiger partial charge in [0, 0.05) is 0 Å². The Balaban J connectivity index is 2.03. The van der Waals surface area contributed by atoms with Crippen LogP contribution in [0.2, 0.25) is 0 Å². The molecule has 0 bridgehead atoms. The first-order valence-corrected chi connectivity index (χ1v) is 9.95. The number of methoxy groups -OCH3 is 1. The van der Waals surface area contributed by atoms with E-state index in [1.807, 2.05) is 0 Å². The number of phenolic OH excluding ortho intramolecular Hbond substituents is 2. The second-order valence-electron chi connectivity index (χ2n) is 9.08. The summed E-state index contributed by atoms with van der Waals surface area (Å²) >= 11 is 0. The molecule has 0 amide bonds. The van der Waals surface area contributed by atoms with E-state index in [4.69, 9.17) is 4.74 Å². The number of phenols is 2. The summed E-state index contributed by atoms with van der Waals surface area (Å²) in [6, 6.07) is 2.94. The summed E-state index contributed by atoms with van der Waals surface area (Å²) in [6.45, 7) is 11.3. The Morgan fingerprint density at radius 1 is 1.30 bits per heavy atom. The van der Waals surface area contributed by atoms with Gasteiger partial charge in [0.15, 0.2) is 11.5 Å². The molecule has 2 N–H and O–H groups in total. The zero-order chi connectivity index (χ0) is 20.0. The molecule has 4 atom stereocenters. The fourth-order valence-corrected chi connectivity index (χ4v) is 5.72. The quantitative estimate of drug-likeness (QED) is 0.433. The molecule has 4 nitrogen and oxygen atoms in total. The lowest BCUT2D eigenvalue weighted by Crippen LogP contribution is -2.51. The molecule has 1 aromatic rings. The number of carbonyl (C=O) groups excluding carboxylic acids is 1. The van der Waals surface area contributed by atoms with Crippen molar-refractivity contribution in [2.45, 2.75) is 59.3 Å². The second-order valence-corrected chi connectivity index (χ2v) is 9.08. The first-order valence-electron chi connectivity index (χ1n) is 9.95. The molecule has 0 unspecified atom stereocenters. The minimum absolute atomic E-state index is 0.0466. The molecule has 2 aliphatic rings. The van der Waals surface area contributed by atoms with E-state index >= 15 is 0 Å². The van der Waals surface area contributed by atoms with Gasteiger partial charge in [-0.1, -0.05) is 32.9 Å². The van der Waals surface area contributed by atoms with E-state index in [0.717, 1.165) is 32.1 Å². The third kappa shape index (κ3) is 3.13. The van der Waals surface area contributed by atoms with Gasteiger partial charge in [-0.3, -0.25) is 0 Å². The van der Waals surface area contributed by atoms with Gasteiger partial charge in [-0.15, -0.1) is 0 Å². The molecule has 2 saturated carbocycles. The summed E-state index contributed by atoms with van der Waals surface area (Å²) in [4.78, 5) is 12.0. The zero-order valence-electron chi connectivity index (χ0n) is 17.0. The lowest BCUT2D eigenvalue weighted by Gasteiger charge is -2.59. The Morgan fingerprint density at radius 2 is 2.00 bits per heavy atom. The first kappa shape index (κ1) is 19.8. The van der Waals surface area contributed by atoms with Crippen LogP contribution < -0.4 is 0 Å². The van der Waals surface area contributed by atoms with Gasteiger partial charge in [0.25, 0.3) is 0 Å². The molecule has 4 heteroatoms. The smallest absolute Gasteiger partial charge is 0.337 e. The highest BCUT2D eigenvalue weighted by Crippen LogP contribution is 2.62. The van der Waals surface area contributed by atoms with Crippen LogP contribution in [0.15, 0.2) is 24.3 Å². The van der Waals surface area contributed by atoms with Crippen LogP contribution in [0.1, 0.15) is 68.8 Å². The summed E-state index contributed by atoms with van der Waals surface area (Å²) in [6.07, 6.45) is 6.30. The Labute approximate surface area is 162 Å². The summed E-state index contributed by atoms with van der Waals surface area (Å²) in [5.74, 6) is 0.0428. The van der Waals surface area contributed by atoms with E-state index in [-0.39, 0.29) is 27.9 Å². The summed E-state index contributed by atoms with van der Waals surface area (Å²) in [5, 5.41) is 20.7. The van der Waals surface area contributed by atoms with Crippen LogP contribution in [-0.2, 0) is 11.2 Å². The number of esters is 1. The molecule has 0 heterocycles. The second kappa shape index (κ2) is 6.88.